The van der Waals surface area contributed by atoms with Crippen LogP contribution in [-0.2, 0) is 11.3 Å². The van der Waals surface area contributed by atoms with E-state index in [0.717, 1.165) is 0 Å². The van der Waals surface area contributed by atoms with Crippen molar-refractivity contribution in [1.29, 1.82) is 0 Å². The van der Waals surface area contributed by atoms with Gasteiger partial charge in [0.15, 0.2) is 0 Å². The third-order valence-corrected chi connectivity index (χ3v) is 4.34. The van der Waals surface area contributed by atoms with Gasteiger partial charge in [0.25, 0.3) is 11.8 Å². The summed E-state index contributed by atoms with van der Waals surface area (Å²) in [5.74, 6) is -0.547. The Labute approximate surface area is 150 Å². The highest BCUT2D eigenvalue weighted by molar-refractivity contribution is 6.34. The molecule has 0 atom stereocenters. The highest BCUT2D eigenvalue weighted by atomic mass is 35.5. The van der Waals surface area contributed by atoms with E-state index in [1.54, 1.807) is 33.8 Å². The van der Waals surface area contributed by atoms with Gasteiger partial charge in [0.1, 0.15) is 5.69 Å². The Morgan fingerprint density at radius 3 is 2.68 bits per heavy atom. The highest BCUT2D eigenvalue weighted by Crippen LogP contribution is 2.21. The van der Waals surface area contributed by atoms with Crippen molar-refractivity contribution in [2.45, 2.75) is 13.5 Å². The number of morpholine rings is 1. The van der Waals surface area contributed by atoms with Crippen LogP contribution in [0.25, 0.3) is 0 Å². The number of rotatable bonds is 4. The molecule has 0 radical (unpaired) electrons. The first kappa shape index (κ1) is 17.4. The van der Waals surface area contributed by atoms with Gasteiger partial charge in [0.2, 0.25) is 0 Å². The highest BCUT2D eigenvalue weighted by Gasteiger charge is 2.26. The molecule has 1 saturated heterocycles. The number of aromatic nitrogens is 2. The van der Waals surface area contributed by atoms with Gasteiger partial charge in [-0.25, -0.2) is 0 Å². The third kappa shape index (κ3) is 3.67. The number of carbonyl (C=O) groups excluding carboxylic acids is 2. The lowest BCUT2D eigenvalue weighted by Gasteiger charge is -2.27. The lowest BCUT2D eigenvalue weighted by Crippen LogP contribution is -2.41. The average molecular weight is 363 g/mol. The maximum atomic E-state index is 12.9. The lowest BCUT2D eigenvalue weighted by molar-refractivity contribution is 0.0295. The summed E-state index contributed by atoms with van der Waals surface area (Å²) in [4.78, 5) is 27.1. The summed E-state index contributed by atoms with van der Waals surface area (Å²) in [6.45, 7) is 4.47. The molecule has 132 valence electrons. The summed E-state index contributed by atoms with van der Waals surface area (Å²) in [6.07, 6.45) is 1.49. The topological polar surface area (TPSA) is 76.5 Å². The number of anilines is 1. The third-order valence-electron chi connectivity index (χ3n) is 4.01. The summed E-state index contributed by atoms with van der Waals surface area (Å²) in [6, 6.07) is 6.76. The van der Waals surface area contributed by atoms with E-state index in [4.69, 9.17) is 16.3 Å². The largest absolute Gasteiger partial charge is 0.378 e. The molecule has 7 nitrogen and oxygen atoms in total. The van der Waals surface area contributed by atoms with Crippen molar-refractivity contribution in [2.24, 2.45) is 0 Å². The monoisotopic (exact) mass is 362 g/mol. The van der Waals surface area contributed by atoms with E-state index in [2.05, 4.69) is 10.4 Å². The van der Waals surface area contributed by atoms with Crippen LogP contribution in [0.2, 0.25) is 5.02 Å². The SMILES string of the molecule is CCn1ncc(NC(=O)c2ccccc2Cl)c1C(=O)N1CCOCC1. The number of nitrogens with zero attached hydrogens (tertiary/aromatic N) is 3. The van der Waals surface area contributed by atoms with Crippen molar-refractivity contribution < 1.29 is 14.3 Å². The van der Waals surface area contributed by atoms with Crippen molar-refractivity contribution in [3.05, 3.63) is 46.7 Å². The Kier molecular flexibility index (Phi) is 5.35. The molecule has 0 aliphatic carbocycles. The maximum absolute atomic E-state index is 12.9. The first-order chi connectivity index (χ1) is 12.1. The summed E-state index contributed by atoms with van der Waals surface area (Å²) < 4.78 is 6.87. The minimum Gasteiger partial charge on any atom is -0.378 e. The van der Waals surface area contributed by atoms with E-state index in [9.17, 15) is 9.59 Å². The van der Waals surface area contributed by atoms with Crippen LogP contribution in [-0.4, -0.2) is 52.8 Å². The van der Waals surface area contributed by atoms with Crippen LogP contribution >= 0.6 is 11.6 Å². The van der Waals surface area contributed by atoms with Crippen molar-refractivity contribution >= 4 is 29.1 Å². The molecule has 1 fully saturated rings. The van der Waals surface area contributed by atoms with Crippen LogP contribution in [0, 0.1) is 0 Å². The summed E-state index contributed by atoms with van der Waals surface area (Å²) >= 11 is 6.07. The Balaban J connectivity index is 1.87. The summed E-state index contributed by atoms with van der Waals surface area (Å²) in [5.41, 5.74) is 1.09. The van der Waals surface area contributed by atoms with Crippen LogP contribution in [0.5, 0.6) is 0 Å². The number of carbonyl (C=O) groups is 2. The van der Waals surface area contributed by atoms with Crippen LogP contribution in [0.4, 0.5) is 5.69 Å². The molecule has 0 bridgehead atoms. The number of benzene rings is 1. The fraction of sp³-hybridized carbons (Fsp3) is 0.353. The average Bonchev–Trinajstić information content (AvgIpc) is 3.04. The molecule has 0 spiro atoms. The number of halogens is 1. The normalized spacial score (nSPS) is 14.4. The second kappa shape index (κ2) is 7.67. The second-order valence-corrected chi connectivity index (χ2v) is 5.97. The first-order valence-corrected chi connectivity index (χ1v) is 8.48. The van der Waals surface area contributed by atoms with E-state index < -0.39 is 0 Å². The number of nitrogens with one attached hydrogen (secondary N) is 1. The number of aryl methyl sites for hydroxylation is 1. The molecule has 2 aromatic rings. The van der Waals surface area contributed by atoms with E-state index in [1.165, 1.54) is 6.20 Å². The molecule has 2 heterocycles. The van der Waals surface area contributed by atoms with Crippen LogP contribution in [0.3, 0.4) is 0 Å². The standard InChI is InChI=1S/C17H19ClN4O3/c1-2-22-15(17(24)21-7-9-25-10-8-21)14(11-19-22)20-16(23)12-5-3-4-6-13(12)18/h3-6,11H,2,7-10H2,1H3,(H,20,23). The molecule has 1 N–H and O–H groups in total. The van der Waals surface area contributed by atoms with Crippen LogP contribution < -0.4 is 5.32 Å². The quantitative estimate of drug-likeness (QED) is 0.905. The Bertz CT molecular complexity index is 784. The number of amides is 2. The number of ether oxygens (including phenoxy) is 1. The predicted molar refractivity (Wildman–Crippen MR) is 94.0 cm³/mol. The number of hydrogen-bond acceptors (Lipinski definition) is 4. The zero-order valence-corrected chi connectivity index (χ0v) is 14.6. The molecule has 1 aromatic carbocycles. The fourth-order valence-corrected chi connectivity index (χ4v) is 2.91. The van der Waals surface area contributed by atoms with E-state index in [1.807, 2.05) is 6.92 Å². The molecule has 1 aromatic heterocycles. The van der Waals surface area contributed by atoms with Gasteiger partial charge in [-0.05, 0) is 19.1 Å². The Morgan fingerprint density at radius 2 is 2.00 bits per heavy atom. The van der Waals surface area contributed by atoms with Crippen LogP contribution in [0.1, 0.15) is 27.8 Å². The Morgan fingerprint density at radius 1 is 1.28 bits per heavy atom. The van der Waals surface area contributed by atoms with Gasteiger partial charge in [0.05, 0.1) is 35.7 Å². The first-order valence-electron chi connectivity index (χ1n) is 8.10. The molecule has 1 aliphatic heterocycles. The fourth-order valence-electron chi connectivity index (χ4n) is 2.69. The molecule has 8 heteroatoms. The van der Waals surface area contributed by atoms with Gasteiger partial charge < -0.3 is 15.0 Å². The van der Waals surface area contributed by atoms with E-state index >= 15 is 0 Å². The van der Waals surface area contributed by atoms with Crippen molar-refractivity contribution in [3.8, 4) is 0 Å². The van der Waals surface area contributed by atoms with E-state index in [-0.39, 0.29) is 11.8 Å². The zero-order chi connectivity index (χ0) is 17.8. The Hall–Kier alpha value is -2.38. The van der Waals surface area contributed by atoms with Gasteiger partial charge in [-0.1, -0.05) is 23.7 Å². The maximum Gasteiger partial charge on any atom is 0.274 e. The second-order valence-electron chi connectivity index (χ2n) is 5.56. The molecule has 0 unspecified atom stereocenters. The van der Waals surface area contributed by atoms with Gasteiger partial charge in [-0.2, -0.15) is 5.10 Å². The molecular weight excluding hydrogens is 344 g/mol. The summed E-state index contributed by atoms with van der Waals surface area (Å²) in [5, 5.41) is 7.32. The van der Waals surface area contributed by atoms with Gasteiger partial charge in [0, 0.05) is 19.6 Å². The van der Waals surface area contributed by atoms with Crippen molar-refractivity contribution in [3.63, 3.8) is 0 Å². The predicted octanol–water partition coefficient (Wildman–Crippen LogP) is 2.28. The smallest absolute Gasteiger partial charge is 0.274 e. The van der Waals surface area contributed by atoms with Crippen LogP contribution in [0.15, 0.2) is 30.5 Å². The lowest BCUT2D eigenvalue weighted by atomic mass is 10.2. The summed E-state index contributed by atoms with van der Waals surface area (Å²) in [7, 11) is 0. The minimum atomic E-state index is -0.378. The molecule has 1 aliphatic rings. The number of hydrogen-bond donors (Lipinski definition) is 1. The van der Waals surface area contributed by atoms with Gasteiger partial charge in [-0.3, -0.25) is 14.3 Å². The molecular formula is C17H19ClN4O3. The van der Waals surface area contributed by atoms with Gasteiger partial charge >= 0.3 is 0 Å². The molecule has 2 amide bonds. The molecule has 0 saturated carbocycles. The zero-order valence-electron chi connectivity index (χ0n) is 13.9. The molecule has 3 rings (SSSR count). The molecule has 25 heavy (non-hydrogen) atoms. The van der Waals surface area contributed by atoms with Crippen molar-refractivity contribution in [1.82, 2.24) is 14.7 Å². The van der Waals surface area contributed by atoms with E-state index in [0.29, 0.717) is 54.8 Å². The van der Waals surface area contributed by atoms with Gasteiger partial charge in [-0.15, -0.1) is 0 Å². The minimum absolute atomic E-state index is 0.169. The van der Waals surface area contributed by atoms with Crippen molar-refractivity contribution in [2.75, 3.05) is 31.6 Å².